The Morgan fingerprint density at radius 1 is 0.264 bits per heavy atom. The summed E-state index contributed by atoms with van der Waals surface area (Å²) in [7, 11) is 0. The van der Waals surface area contributed by atoms with Crippen LogP contribution in [0.5, 0.6) is 23.0 Å². The van der Waals surface area contributed by atoms with Gasteiger partial charge in [-0.1, -0.05) is 167 Å². The van der Waals surface area contributed by atoms with E-state index in [1.54, 1.807) is 0 Å². The molecular weight excluding hydrogens is 885 g/mol. The molecule has 0 spiro atoms. The second kappa shape index (κ2) is 38.4. The van der Waals surface area contributed by atoms with Gasteiger partial charge < -0.3 is 24.1 Å². The summed E-state index contributed by atoms with van der Waals surface area (Å²) in [5.41, 5.74) is 9.62. The number of aliphatic hydroxyl groups is 1. The van der Waals surface area contributed by atoms with Crippen molar-refractivity contribution in [2.75, 3.05) is 33.0 Å². The lowest BCUT2D eigenvalue weighted by atomic mass is 10.0. The van der Waals surface area contributed by atoms with Crippen LogP contribution in [0.15, 0.2) is 188 Å². The molecule has 0 bridgehead atoms. The molecule has 5 heteroatoms. The van der Waals surface area contributed by atoms with Gasteiger partial charge in [-0.15, -0.1) is 0 Å². The van der Waals surface area contributed by atoms with Gasteiger partial charge in [-0.2, -0.15) is 0 Å². The number of ether oxygens (including phenoxy) is 4. The maximum atomic E-state index is 8.69. The lowest BCUT2D eigenvalue weighted by Crippen LogP contribution is -1.96. The molecule has 0 heterocycles. The average molecular weight is 971 g/mol. The highest BCUT2D eigenvalue weighted by molar-refractivity contribution is 5.32. The van der Waals surface area contributed by atoms with Crippen LogP contribution in [0.2, 0.25) is 0 Å². The topological polar surface area (TPSA) is 57.2 Å². The third-order valence-corrected chi connectivity index (χ3v) is 11.7. The van der Waals surface area contributed by atoms with Crippen LogP contribution in [0.1, 0.15) is 124 Å². The molecule has 0 saturated heterocycles. The van der Waals surface area contributed by atoms with Crippen molar-refractivity contribution in [2.24, 2.45) is 0 Å². The minimum atomic E-state index is 0.284. The van der Waals surface area contributed by atoms with Gasteiger partial charge in [-0.3, -0.25) is 0 Å². The SMILES string of the molecule is CCCOc1cccc(CCCCO)c1.CCCOc1cccc(CCCCc2ccccc2)c1.CCCOc1cccc(CCCc2ccccc2)c1.CCCOc1cccc(CCc2ccccc2)c1. The fraction of sp³-hybridized carbons (Fsp3) is 0.373. The molecule has 7 aromatic carbocycles. The van der Waals surface area contributed by atoms with E-state index in [0.717, 1.165) is 126 Å². The average Bonchev–Trinajstić information content (AvgIpc) is 3.43. The first-order valence-electron chi connectivity index (χ1n) is 27.1. The summed E-state index contributed by atoms with van der Waals surface area (Å²) in [5.74, 6) is 3.95. The number of unbranched alkanes of at least 4 members (excludes halogenated alkanes) is 2. The Labute approximate surface area is 435 Å². The Morgan fingerprint density at radius 3 is 0.847 bits per heavy atom. The van der Waals surface area contributed by atoms with Crippen molar-refractivity contribution in [2.45, 2.75) is 130 Å². The number of hydrogen-bond acceptors (Lipinski definition) is 5. The van der Waals surface area contributed by atoms with Crippen molar-refractivity contribution in [3.63, 3.8) is 0 Å². The van der Waals surface area contributed by atoms with Gasteiger partial charge in [0.25, 0.3) is 0 Å². The fourth-order valence-electron chi connectivity index (χ4n) is 7.86. The predicted molar refractivity (Wildman–Crippen MR) is 304 cm³/mol. The van der Waals surface area contributed by atoms with Crippen molar-refractivity contribution >= 4 is 0 Å². The van der Waals surface area contributed by atoms with Gasteiger partial charge in [0.1, 0.15) is 23.0 Å². The first kappa shape index (κ1) is 58.3. The van der Waals surface area contributed by atoms with Gasteiger partial charge in [0, 0.05) is 6.61 Å². The quantitative estimate of drug-likeness (QED) is 0.0496. The second-order valence-electron chi connectivity index (χ2n) is 18.2. The zero-order chi connectivity index (χ0) is 50.9. The van der Waals surface area contributed by atoms with Gasteiger partial charge in [0.2, 0.25) is 0 Å². The summed E-state index contributed by atoms with van der Waals surface area (Å²) in [6, 6.07) is 65.6. The number of hydrogen-bond donors (Lipinski definition) is 1. The van der Waals surface area contributed by atoms with Crippen LogP contribution >= 0.6 is 0 Å². The molecule has 1 N–H and O–H groups in total. The molecule has 0 aliphatic rings. The summed E-state index contributed by atoms with van der Waals surface area (Å²) in [4.78, 5) is 0. The van der Waals surface area contributed by atoms with Crippen LogP contribution in [-0.2, 0) is 44.9 Å². The maximum Gasteiger partial charge on any atom is 0.119 e. The van der Waals surface area contributed by atoms with Crippen LogP contribution in [-0.4, -0.2) is 38.1 Å². The minimum absolute atomic E-state index is 0.284. The van der Waals surface area contributed by atoms with E-state index in [9.17, 15) is 0 Å². The highest BCUT2D eigenvalue weighted by Crippen LogP contribution is 2.19. The van der Waals surface area contributed by atoms with Crippen molar-refractivity contribution in [1.82, 2.24) is 0 Å². The molecule has 0 saturated carbocycles. The van der Waals surface area contributed by atoms with E-state index in [4.69, 9.17) is 24.1 Å². The first-order valence-corrected chi connectivity index (χ1v) is 27.1. The van der Waals surface area contributed by atoms with Crippen molar-refractivity contribution in [1.29, 1.82) is 0 Å². The number of rotatable bonds is 28. The zero-order valence-corrected chi connectivity index (χ0v) is 44.3. The second-order valence-corrected chi connectivity index (χ2v) is 18.2. The maximum absolute atomic E-state index is 8.69. The van der Waals surface area contributed by atoms with E-state index in [2.05, 4.69) is 185 Å². The Morgan fingerprint density at radius 2 is 0.514 bits per heavy atom. The molecule has 0 amide bonds. The van der Waals surface area contributed by atoms with Crippen LogP contribution < -0.4 is 18.9 Å². The summed E-state index contributed by atoms with van der Waals surface area (Å²) in [5, 5.41) is 8.69. The van der Waals surface area contributed by atoms with E-state index >= 15 is 0 Å². The van der Waals surface area contributed by atoms with Crippen LogP contribution in [0, 0.1) is 0 Å². The lowest BCUT2D eigenvalue weighted by molar-refractivity contribution is 0.284. The smallest absolute Gasteiger partial charge is 0.119 e. The molecule has 0 aliphatic heterocycles. The van der Waals surface area contributed by atoms with Crippen LogP contribution in [0.3, 0.4) is 0 Å². The van der Waals surface area contributed by atoms with Gasteiger partial charge in [-0.25, -0.2) is 0 Å². The number of benzene rings is 7. The van der Waals surface area contributed by atoms with Crippen molar-refractivity contribution < 1.29 is 24.1 Å². The molecule has 384 valence electrons. The normalized spacial score (nSPS) is 10.3. The summed E-state index contributed by atoms with van der Waals surface area (Å²) < 4.78 is 22.5. The molecule has 5 nitrogen and oxygen atoms in total. The summed E-state index contributed by atoms with van der Waals surface area (Å²) >= 11 is 0. The Hall–Kier alpha value is -6.30. The molecular formula is C67H86O5. The van der Waals surface area contributed by atoms with E-state index in [1.165, 1.54) is 64.6 Å². The summed E-state index contributed by atoms with van der Waals surface area (Å²) in [6.45, 7) is 11.9. The van der Waals surface area contributed by atoms with Crippen molar-refractivity contribution in [3.8, 4) is 23.0 Å². The molecule has 0 fully saturated rings. The van der Waals surface area contributed by atoms with Crippen LogP contribution in [0.25, 0.3) is 0 Å². The van der Waals surface area contributed by atoms with E-state index in [1.807, 2.05) is 30.3 Å². The molecule has 0 aliphatic carbocycles. The molecule has 0 radical (unpaired) electrons. The zero-order valence-electron chi connectivity index (χ0n) is 44.3. The molecule has 7 rings (SSSR count). The summed E-state index contributed by atoms with van der Waals surface area (Å²) in [6.07, 6.45) is 17.5. The third kappa shape index (κ3) is 26.8. The third-order valence-electron chi connectivity index (χ3n) is 11.7. The standard InChI is InChI=1S/C19H24O.C18H22O.C17H20O.C13H20O2/c1-2-15-20-19-14-8-13-18(16-19)12-7-6-11-17-9-4-3-5-10-17;1-2-14-19-18-13-7-12-17(15-18)11-6-10-16-8-4-3-5-9-16;1-2-13-18-17-10-6-9-16(14-17)12-11-15-7-4-3-5-8-15;1-2-10-15-13-8-5-7-12(11-13)6-3-4-9-14/h3-5,8-10,13-14,16H,2,6-7,11-12,15H2,1H3;3-5,7-9,12-13,15H,2,6,10-11,14H2,1H3;3-10,14H,2,11-13H2,1H3;5,7-8,11,14H,2-4,6,9-10H2,1H3. The molecule has 7 aromatic rings. The van der Waals surface area contributed by atoms with Gasteiger partial charge in [0.05, 0.1) is 26.4 Å². The van der Waals surface area contributed by atoms with E-state index in [-0.39, 0.29) is 6.61 Å². The number of aliphatic hydroxyl groups excluding tert-OH is 1. The molecule has 72 heavy (non-hydrogen) atoms. The van der Waals surface area contributed by atoms with Gasteiger partial charge in [-0.05, 0) is 190 Å². The van der Waals surface area contributed by atoms with Crippen LogP contribution in [0.4, 0.5) is 0 Å². The monoisotopic (exact) mass is 971 g/mol. The molecule has 0 atom stereocenters. The van der Waals surface area contributed by atoms with E-state index in [0.29, 0.717) is 0 Å². The van der Waals surface area contributed by atoms with Crippen molar-refractivity contribution in [3.05, 3.63) is 227 Å². The van der Waals surface area contributed by atoms with Gasteiger partial charge >= 0.3 is 0 Å². The largest absolute Gasteiger partial charge is 0.494 e. The Bertz CT molecular complexity index is 2360. The van der Waals surface area contributed by atoms with Gasteiger partial charge in [0.15, 0.2) is 0 Å². The fourth-order valence-corrected chi connectivity index (χ4v) is 7.86. The first-order chi connectivity index (χ1) is 35.5. The minimum Gasteiger partial charge on any atom is -0.494 e. The number of aryl methyl sites for hydroxylation is 7. The molecule has 0 unspecified atom stereocenters. The predicted octanol–water partition coefficient (Wildman–Crippen LogP) is 16.7. The Balaban J connectivity index is 0.000000209. The molecule has 0 aromatic heterocycles. The lowest BCUT2D eigenvalue weighted by Gasteiger charge is -2.07. The highest BCUT2D eigenvalue weighted by atomic mass is 16.5. The highest BCUT2D eigenvalue weighted by Gasteiger charge is 2.02. The Kier molecular flexibility index (Phi) is 31.1. The van der Waals surface area contributed by atoms with E-state index < -0.39 is 0 Å².